The molecular weight excluding hydrogens is 448 g/mol. The Hall–Kier alpha value is -2.54. The Balaban J connectivity index is 2.17. The minimum absolute atomic E-state index is 0.0365. The van der Waals surface area contributed by atoms with Crippen molar-refractivity contribution in [1.29, 1.82) is 0 Å². The van der Waals surface area contributed by atoms with Crippen molar-refractivity contribution in [3.8, 4) is 11.5 Å². The zero-order valence-electron chi connectivity index (χ0n) is 17.9. The molecule has 0 aliphatic heterocycles. The first kappa shape index (κ1) is 23.7. The number of rotatable bonds is 10. The SMILES string of the molecule is CCC(C)NC(=O)C(C)N(Cc1ccc(Br)cc1)C(=O)COc1ccccc1OC. The van der Waals surface area contributed by atoms with E-state index in [0.29, 0.717) is 18.0 Å². The van der Waals surface area contributed by atoms with Crippen LogP contribution in [0.1, 0.15) is 32.8 Å². The van der Waals surface area contributed by atoms with Crippen molar-refractivity contribution in [3.63, 3.8) is 0 Å². The number of amides is 2. The number of benzene rings is 2. The van der Waals surface area contributed by atoms with E-state index >= 15 is 0 Å². The molecule has 2 rings (SSSR count). The number of methoxy groups -OCH3 is 1. The van der Waals surface area contributed by atoms with Crippen LogP contribution in [0.3, 0.4) is 0 Å². The number of halogens is 1. The van der Waals surface area contributed by atoms with Gasteiger partial charge in [-0.15, -0.1) is 0 Å². The van der Waals surface area contributed by atoms with Crippen LogP contribution in [-0.4, -0.2) is 42.5 Å². The lowest BCUT2D eigenvalue weighted by Crippen LogP contribution is -2.50. The molecule has 162 valence electrons. The van der Waals surface area contributed by atoms with Crippen LogP contribution in [0.2, 0.25) is 0 Å². The molecule has 0 saturated heterocycles. The van der Waals surface area contributed by atoms with Crippen molar-refractivity contribution >= 4 is 27.7 Å². The summed E-state index contributed by atoms with van der Waals surface area (Å²) in [5.41, 5.74) is 0.923. The number of nitrogens with zero attached hydrogens (tertiary/aromatic N) is 1. The van der Waals surface area contributed by atoms with Crippen LogP contribution in [0, 0.1) is 0 Å². The Kier molecular flexibility index (Phi) is 9.17. The first-order valence-electron chi connectivity index (χ1n) is 9.95. The second kappa shape index (κ2) is 11.6. The minimum Gasteiger partial charge on any atom is -0.493 e. The molecule has 0 bridgehead atoms. The molecule has 0 aliphatic carbocycles. The predicted octanol–water partition coefficient (Wildman–Crippen LogP) is 4.17. The lowest BCUT2D eigenvalue weighted by molar-refractivity contribution is -0.142. The van der Waals surface area contributed by atoms with Gasteiger partial charge in [-0.3, -0.25) is 9.59 Å². The first-order valence-corrected chi connectivity index (χ1v) is 10.7. The Bertz CT molecular complexity index is 841. The molecule has 2 atom stereocenters. The lowest BCUT2D eigenvalue weighted by Gasteiger charge is -2.29. The summed E-state index contributed by atoms with van der Waals surface area (Å²) in [5, 5.41) is 2.95. The molecule has 2 unspecified atom stereocenters. The fourth-order valence-corrected chi connectivity index (χ4v) is 3.06. The molecule has 0 spiro atoms. The second-order valence-electron chi connectivity index (χ2n) is 7.08. The van der Waals surface area contributed by atoms with E-state index in [1.54, 1.807) is 26.2 Å². The number of hydrogen-bond acceptors (Lipinski definition) is 4. The van der Waals surface area contributed by atoms with Gasteiger partial charge in [0.25, 0.3) is 5.91 Å². The fourth-order valence-electron chi connectivity index (χ4n) is 2.80. The third-order valence-corrected chi connectivity index (χ3v) is 5.38. The van der Waals surface area contributed by atoms with Gasteiger partial charge in [-0.25, -0.2) is 0 Å². The lowest BCUT2D eigenvalue weighted by atomic mass is 10.1. The van der Waals surface area contributed by atoms with Crippen molar-refractivity contribution in [2.45, 2.75) is 45.8 Å². The summed E-state index contributed by atoms with van der Waals surface area (Å²) in [6.45, 7) is 5.78. The normalized spacial score (nSPS) is 12.6. The van der Waals surface area contributed by atoms with Crippen molar-refractivity contribution < 1.29 is 19.1 Å². The Morgan fingerprint density at radius 2 is 1.70 bits per heavy atom. The van der Waals surface area contributed by atoms with Crippen LogP contribution >= 0.6 is 15.9 Å². The van der Waals surface area contributed by atoms with E-state index in [1.807, 2.05) is 50.2 Å². The van der Waals surface area contributed by atoms with Crippen LogP contribution < -0.4 is 14.8 Å². The molecule has 6 nitrogen and oxygen atoms in total. The molecule has 0 fully saturated rings. The largest absolute Gasteiger partial charge is 0.493 e. The minimum atomic E-state index is -0.642. The molecule has 7 heteroatoms. The van der Waals surface area contributed by atoms with Crippen LogP contribution in [0.25, 0.3) is 0 Å². The molecule has 0 aliphatic rings. The van der Waals surface area contributed by atoms with Gasteiger partial charge in [-0.1, -0.05) is 47.1 Å². The van der Waals surface area contributed by atoms with Crippen molar-refractivity contribution in [3.05, 3.63) is 58.6 Å². The maximum atomic E-state index is 13.1. The Morgan fingerprint density at radius 1 is 1.07 bits per heavy atom. The number of nitrogens with one attached hydrogen (secondary N) is 1. The van der Waals surface area contributed by atoms with Gasteiger partial charge in [0.05, 0.1) is 7.11 Å². The van der Waals surface area contributed by atoms with Crippen molar-refractivity contribution in [2.75, 3.05) is 13.7 Å². The highest BCUT2D eigenvalue weighted by Crippen LogP contribution is 2.26. The molecule has 2 aromatic carbocycles. The van der Waals surface area contributed by atoms with Gasteiger partial charge in [0, 0.05) is 17.1 Å². The third kappa shape index (κ3) is 6.76. The fraction of sp³-hybridized carbons (Fsp3) is 0.391. The van der Waals surface area contributed by atoms with Crippen LogP contribution in [0.15, 0.2) is 53.0 Å². The molecule has 0 heterocycles. The monoisotopic (exact) mass is 476 g/mol. The average molecular weight is 477 g/mol. The van der Waals surface area contributed by atoms with E-state index in [1.165, 1.54) is 4.90 Å². The van der Waals surface area contributed by atoms with Gasteiger partial charge in [0.2, 0.25) is 5.91 Å². The van der Waals surface area contributed by atoms with E-state index in [4.69, 9.17) is 9.47 Å². The first-order chi connectivity index (χ1) is 14.3. The highest BCUT2D eigenvalue weighted by molar-refractivity contribution is 9.10. The summed E-state index contributed by atoms with van der Waals surface area (Å²) in [5.74, 6) is 0.559. The van der Waals surface area contributed by atoms with E-state index in [9.17, 15) is 9.59 Å². The number of para-hydroxylation sites is 2. The summed E-state index contributed by atoms with van der Waals surface area (Å²) >= 11 is 3.42. The number of ether oxygens (including phenoxy) is 2. The summed E-state index contributed by atoms with van der Waals surface area (Å²) in [7, 11) is 1.55. The van der Waals surface area contributed by atoms with Gasteiger partial charge in [0.1, 0.15) is 6.04 Å². The molecular formula is C23H29BrN2O4. The number of carbonyl (C=O) groups excluding carboxylic acids is 2. The molecule has 2 aromatic rings. The number of hydrogen-bond donors (Lipinski definition) is 1. The zero-order chi connectivity index (χ0) is 22.1. The van der Waals surface area contributed by atoms with Crippen LogP contribution in [0.4, 0.5) is 0 Å². The highest BCUT2D eigenvalue weighted by Gasteiger charge is 2.27. The summed E-state index contributed by atoms with van der Waals surface area (Å²) < 4.78 is 11.9. The summed E-state index contributed by atoms with van der Waals surface area (Å²) in [6.07, 6.45) is 0.816. The smallest absolute Gasteiger partial charge is 0.261 e. The summed E-state index contributed by atoms with van der Waals surface area (Å²) in [4.78, 5) is 27.3. The molecule has 30 heavy (non-hydrogen) atoms. The standard InChI is InChI=1S/C23H29BrN2O4/c1-5-16(2)25-23(28)17(3)26(14-18-10-12-19(24)13-11-18)22(27)15-30-21-9-7-6-8-20(21)29-4/h6-13,16-17H,5,14-15H2,1-4H3,(H,25,28). The number of carbonyl (C=O) groups is 2. The Morgan fingerprint density at radius 3 is 2.30 bits per heavy atom. The molecule has 0 saturated carbocycles. The Labute approximate surface area is 186 Å². The zero-order valence-corrected chi connectivity index (χ0v) is 19.4. The van der Waals surface area contributed by atoms with Crippen LogP contribution in [-0.2, 0) is 16.1 Å². The van der Waals surface area contributed by atoms with E-state index in [-0.39, 0.29) is 24.5 Å². The van der Waals surface area contributed by atoms with Gasteiger partial charge in [0.15, 0.2) is 18.1 Å². The van der Waals surface area contributed by atoms with Gasteiger partial charge < -0.3 is 19.7 Å². The molecule has 2 amide bonds. The maximum Gasteiger partial charge on any atom is 0.261 e. The highest BCUT2D eigenvalue weighted by atomic mass is 79.9. The third-order valence-electron chi connectivity index (χ3n) is 4.85. The topological polar surface area (TPSA) is 67.9 Å². The van der Waals surface area contributed by atoms with Crippen LogP contribution in [0.5, 0.6) is 11.5 Å². The predicted molar refractivity (Wildman–Crippen MR) is 121 cm³/mol. The van der Waals surface area contributed by atoms with E-state index in [2.05, 4.69) is 21.2 Å². The van der Waals surface area contributed by atoms with Crippen molar-refractivity contribution in [2.24, 2.45) is 0 Å². The maximum absolute atomic E-state index is 13.1. The van der Waals surface area contributed by atoms with Crippen molar-refractivity contribution in [1.82, 2.24) is 10.2 Å². The molecule has 1 N–H and O–H groups in total. The average Bonchev–Trinajstić information content (AvgIpc) is 2.76. The van der Waals surface area contributed by atoms with E-state index < -0.39 is 6.04 Å². The van der Waals surface area contributed by atoms with Gasteiger partial charge >= 0.3 is 0 Å². The van der Waals surface area contributed by atoms with E-state index in [0.717, 1.165) is 16.5 Å². The van der Waals surface area contributed by atoms with Gasteiger partial charge in [-0.05, 0) is 50.1 Å². The summed E-state index contributed by atoms with van der Waals surface area (Å²) in [6, 6.07) is 14.2. The molecule has 0 radical (unpaired) electrons. The van der Waals surface area contributed by atoms with Gasteiger partial charge in [-0.2, -0.15) is 0 Å². The quantitative estimate of drug-likeness (QED) is 0.558. The second-order valence-corrected chi connectivity index (χ2v) is 8.00. The molecule has 0 aromatic heterocycles.